The number of thiophene rings is 1. The summed E-state index contributed by atoms with van der Waals surface area (Å²) >= 11 is 1.52. The number of hydrogen-bond acceptors (Lipinski definition) is 6. The molecule has 0 aliphatic carbocycles. The second kappa shape index (κ2) is 11.8. The Kier molecular flexibility index (Phi) is 10.9. The summed E-state index contributed by atoms with van der Waals surface area (Å²) in [6, 6.07) is 0. The van der Waals surface area contributed by atoms with E-state index >= 15 is 0 Å². The van der Waals surface area contributed by atoms with Gasteiger partial charge in [0.05, 0.1) is 11.9 Å². The van der Waals surface area contributed by atoms with Crippen LogP contribution in [0, 0.1) is 0 Å². The summed E-state index contributed by atoms with van der Waals surface area (Å²) in [7, 11) is -4.02. The second-order valence-corrected chi connectivity index (χ2v) is 8.44. The van der Waals surface area contributed by atoms with Crippen LogP contribution < -0.4 is 39.0 Å². The van der Waals surface area contributed by atoms with Gasteiger partial charge in [0.15, 0.2) is 17.6 Å². The molecule has 140 valence electrons. The molecule has 0 spiro atoms. The van der Waals surface area contributed by atoms with Crippen molar-refractivity contribution in [3.8, 4) is 11.5 Å². The fourth-order valence-electron chi connectivity index (χ4n) is 2.61. The minimum absolute atomic E-state index is 0. The Bertz CT molecular complexity index is 595. The molecule has 9 heteroatoms. The van der Waals surface area contributed by atoms with Crippen molar-refractivity contribution in [1.82, 2.24) is 0 Å². The van der Waals surface area contributed by atoms with Crippen LogP contribution in [0.3, 0.4) is 0 Å². The van der Waals surface area contributed by atoms with Gasteiger partial charge in [-0.15, -0.1) is 11.3 Å². The Balaban J connectivity index is 0.00000312. The van der Waals surface area contributed by atoms with Crippen molar-refractivity contribution in [1.29, 1.82) is 0 Å². The summed E-state index contributed by atoms with van der Waals surface area (Å²) in [5.74, 6) is 1.49. The Morgan fingerprint density at radius 3 is 2.80 bits per heavy atom. The molecule has 0 amide bonds. The molecular formula is C16H27NaO6S2. The number of ether oxygens (including phenoxy) is 3. The maximum absolute atomic E-state index is 11.5. The van der Waals surface area contributed by atoms with Crippen LogP contribution in [0.4, 0.5) is 0 Å². The average Bonchev–Trinajstić information content (AvgIpc) is 2.99. The molecule has 2 heterocycles. The molecule has 1 aromatic rings. The van der Waals surface area contributed by atoms with Crippen molar-refractivity contribution in [2.75, 3.05) is 19.8 Å². The molecule has 25 heavy (non-hydrogen) atoms. The minimum atomic E-state index is -4.02. The zero-order chi connectivity index (χ0) is 17.4. The topological polar surface area (TPSA) is 82.1 Å². The van der Waals surface area contributed by atoms with Crippen molar-refractivity contribution in [3.05, 3.63) is 10.8 Å². The molecule has 0 bridgehead atoms. The molecule has 0 radical (unpaired) electrons. The summed E-state index contributed by atoms with van der Waals surface area (Å²) in [4.78, 5) is 0. The van der Waals surface area contributed by atoms with Crippen LogP contribution in [-0.2, 0) is 14.9 Å². The van der Waals surface area contributed by atoms with Crippen molar-refractivity contribution >= 4 is 21.5 Å². The quantitative estimate of drug-likeness (QED) is 0.332. The Morgan fingerprint density at radius 1 is 1.32 bits per heavy atom. The van der Waals surface area contributed by atoms with E-state index < -0.39 is 15.4 Å². The SMILES string of the molecule is CCCCCCC(CCOCC1COc2cscc2O1)S(=O)(=O)O.[H-].[Na+]. The van der Waals surface area contributed by atoms with Gasteiger partial charge in [0.1, 0.15) is 6.61 Å². The van der Waals surface area contributed by atoms with Gasteiger partial charge in [0, 0.05) is 17.4 Å². The fourth-order valence-corrected chi connectivity index (χ4v) is 4.14. The van der Waals surface area contributed by atoms with Gasteiger partial charge in [-0.2, -0.15) is 8.42 Å². The maximum atomic E-state index is 11.5. The summed E-state index contributed by atoms with van der Waals surface area (Å²) in [5.41, 5.74) is 0. The van der Waals surface area contributed by atoms with Gasteiger partial charge >= 0.3 is 29.6 Å². The van der Waals surface area contributed by atoms with E-state index in [1.54, 1.807) is 0 Å². The molecular weight excluding hydrogens is 375 g/mol. The summed E-state index contributed by atoms with van der Waals surface area (Å²) in [6.07, 6.45) is 4.54. The normalized spacial score (nSPS) is 17.8. The van der Waals surface area contributed by atoms with Crippen molar-refractivity contribution in [2.45, 2.75) is 56.8 Å². The van der Waals surface area contributed by atoms with E-state index in [0.717, 1.165) is 37.2 Å². The van der Waals surface area contributed by atoms with Crippen LogP contribution in [0.1, 0.15) is 46.9 Å². The zero-order valence-corrected chi connectivity index (χ0v) is 18.6. The van der Waals surface area contributed by atoms with Gasteiger partial charge in [-0.1, -0.05) is 32.6 Å². The molecule has 1 aromatic heterocycles. The standard InChI is InChI=1S/C16H26O6S2.Na.H/c1-2-3-4-5-6-14(24(17,18)19)7-8-20-9-13-10-21-15-11-23-12-16(15)22-13;;/h11-14H,2-10H2,1H3,(H,17,18,19);;/q;+1;-1. The molecule has 2 atom stereocenters. The summed E-state index contributed by atoms with van der Waals surface area (Å²) < 4.78 is 49.1. The van der Waals surface area contributed by atoms with Gasteiger partial charge in [0.25, 0.3) is 10.1 Å². The zero-order valence-electron chi connectivity index (χ0n) is 16.0. The van der Waals surface area contributed by atoms with Crippen molar-refractivity contribution in [3.63, 3.8) is 0 Å². The van der Waals surface area contributed by atoms with Gasteiger partial charge < -0.3 is 15.6 Å². The molecule has 6 nitrogen and oxygen atoms in total. The first-order chi connectivity index (χ1) is 11.5. The molecule has 1 aliphatic heterocycles. The van der Waals surface area contributed by atoms with Gasteiger partial charge in [0.2, 0.25) is 0 Å². The molecule has 1 N–H and O–H groups in total. The van der Waals surface area contributed by atoms with Crippen molar-refractivity contribution < 1.29 is 58.2 Å². The summed E-state index contributed by atoms with van der Waals surface area (Å²) in [5, 5.41) is 3.02. The smallest absolute Gasteiger partial charge is 1.00 e. The van der Waals surface area contributed by atoms with E-state index in [1.807, 2.05) is 10.8 Å². The van der Waals surface area contributed by atoms with Crippen LogP contribution in [0.2, 0.25) is 0 Å². The number of rotatable bonds is 11. The predicted octanol–water partition coefficient (Wildman–Crippen LogP) is 0.638. The third kappa shape index (κ3) is 8.15. The first kappa shape index (κ1) is 23.2. The molecule has 0 fully saturated rings. The fraction of sp³-hybridized carbons (Fsp3) is 0.750. The Hall–Kier alpha value is 0.170. The largest absolute Gasteiger partial charge is 1.00 e. The van der Waals surface area contributed by atoms with Gasteiger partial charge in [-0.25, -0.2) is 0 Å². The number of unbranched alkanes of at least 4 members (excludes halogenated alkanes) is 3. The molecule has 2 rings (SSSR count). The van der Waals surface area contributed by atoms with Crippen LogP contribution in [-0.4, -0.2) is 44.1 Å². The van der Waals surface area contributed by atoms with E-state index in [0.29, 0.717) is 26.1 Å². The van der Waals surface area contributed by atoms with Crippen molar-refractivity contribution in [2.24, 2.45) is 0 Å². The monoisotopic (exact) mass is 402 g/mol. The minimum Gasteiger partial charge on any atom is -1.00 e. The van der Waals surface area contributed by atoms with Crippen LogP contribution in [0.5, 0.6) is 11.5 Å². The van der Waals surface area contributed by atoms with Gasteiger partial charge in [-0.3, -0.25) is 4.55 Å². The first-order valence-corrected chi connectivity index (χ1v) is 10.8. The third-order valence-electron chi connectivity index (χ3n) is 4.00. The van der Waals surface area contributed by atoms with Crippen LogP contribution in [0.25, 0.3) is 0 Å². The Morgan fingerprint density at radius 2 is 2.08 bits per heavy atom. The Labute approximate surface area is 177 Å². The van der Waals surface area contributed by atoms with E-state index in [1.165, 1.54) is 11.3 Å². The average molecular weight is 403 g/mol. The van der Waals surface area contributed by atoms with E-state index in [2.05, 4.69) is 6.92 Å². The number of hydrogen-bond donors (Lipinski definition) is 1. The van der Waals surface area contributed by atoms with Gasteiger partial charge in [-0.05, 0) is 12.8 Å². The van der Waals surface area contributed by atoms with E-state index in [-0.39, 0.29) is 43.7 Å². The first-order valence-electron chi connectivity index (χ1n) is 8.40. The molecule has 0 aromatic carbocycles. The molecule has 0 saturated heterocycles. The predicted molar refractivity (Wildman–Crippen MR) is 94.9 cm³/mol. The number of fused-ring (bicyclic) bond motifs is 1. The summed E-state index contributed by atoms with van der Waals surface area (Å²) in [6.45, 7) is 3.13. The van der Waals surface area contributed by atoms with Crippen LogP contribution >= 0.6 is 11.3 Å². The van der Waals surface area contributed by atoms with Crippen LogP contribution in [0.15, 0.2) is 10.8 Å². The molecule has 0 saturated carbocycles. The molecule has 1 aliphatic rings. The third-order valence-corrected chi connectivity index (χ3v) is 6.01. The van der Waals surface area contributed by atoms with E-state index in [9.17, 15) is 13.0 Å². The van der Waals surface area contributed by atoms with E-state index in [4.69, 9.17) is 14.2 Å². The maximum Gasteiger partial charge on any atom is 1.00 e. The molecule has 2 unspecified atom stereocenters. The second-order valence-electron chi connectivity index (χ2n) is 6.00.